The number of anilines is 1. The first-order valence-corrected chi connectivity index (χ1v) is 7.47. The van der Waals surface area contributed by atoms with Crippen LogP contribution in [0.15, 0.2) is 53.4 Å². The zero-order valence-corrected chi connectivity index (χ0v) is 12.3. The van der Waals surface area contributed by atoms with Crippen molar-refractivity contribution in [1.82, 2.24) is 0 Å². The van der Waals surface area contributed by atoms with Gasteiger partial charge in [0, 0.05) is 17.5 Å². The summed E-state index contributed by atoms with van der Waals surface area (Å²) >= 11 is 1.63. The van der Waals surface area contributed by atoms with Crippen molar-refractivity contribution in [2.45, 2.75) is 4.90 Å². The molecule has 20 heavy (non-hydrogen) atoms. The first-order chi connectivity index (χ1) is 9.61. The van der Waals surface area contributed by atoms with Crippen molar-refractivity contribution in [2.24, 2.45) is 0 Å². The number of likely N-dealkylation sites (N-methyl/N-ethyl adjacent to an activating group) is 1. The Morgan fingerprint density at radius 1 is 1.15 bits per heavy atom. The molecule has 104 valence electrons. The third-order valence-corrected chi connectivity index (χ3v) is 3.80. The number of rotatable bonds is 5. The van der Waals surface area contributed by atoms with Gasteiger partial charge in [-0.3, -0.25) is 4.79 Å². The van der Waals surface area contributed by atoms with E-state index in [4.69, 9.17) is 0 Å². The van der Waals surface area contributed by atoms with Gasteiger partial charge in [-0.05, 0) is 30.5 Å². The number of carbonyl (C=O) groups is 1. The van der Waals surface area contributed by atoms with Gasteiger partial charge in [0.15, 0.2) is 5.78 Å². The van der Waals surface area contributed by atoms with Crippen LogP contribution in [0.5, 0.6) is 0 Å². The van der Waals surface area contributed by atoms with Gasteiger partial charge in [0.2, 0.25) is 0 Å². The standard InChI is InChI=1S/C16H16FNOS/c1-18(15-6-4-3-5-14(15)17)11-16(19)12-7-9-13(20-2)10-8-12/h3-10H,11H2,1-2H3. The fraction of sp³-hybridized carbons (Fsp3) is 0.188. The minimum Gasteiger partial charge on any atom is -0.365 e. The molecule has 0 saturated heterocycles. The first kappa shape index (κ1) is 14.6. The SMILES string of the molecule is CSc1ccc(C(=O)CN(C)c2ccccc2F)cc1. The number of hydrogen-bond acceptors (Lipinski definition) is 3. The zero-order chi connectivity index (χ0) is 14.5. The third-order valence-electron chi connectivity index (χ3n) is 3.06. The maximum atomic E-state index is 13.6. The van der Waals surface area contributed by atoms with Gasteiger partial charge >= 0.3 is 0 Å². The molecule has 0 amide bonds. The van der Waals surface area contributed by atoms with E-state index < -0.39 is 0 Å². The van der Waals surface area contributed by atoms with Crippen LogP contribution < -0.4 is 4.90 Å². The van der Waals surface area contributed by atoms with Crippen molar-refractivity contribution in [1.29, 1.82) is 0 Å². The van der Waals surface area contributed by atoms with Crippen molar-refractivity contribution in [3.8, 4) is 0 Å². The lowest BCUT2D eigenvalue weighted by Crippen LogP contribution is -2.26. The Bertz CT molecular complexity index is 598. The molecule has 0 aromatic heterocycles. The smallest absolute Gasteiger partial charge is 0.182 e. The fourth-order valence-corrected chi connectivity index (χ4v) is 2.34. The largest absolute Gasteiger partial charge is 0.365 e. The minimum atomic E-state index is -0.319. The van der Waals surface area contributed by atoms with Gasteiger partial charge in [0.05, 0.1) is 12.2 Å². The van der Waals surface area contributed by atoms with Gasteiger partial charge < -0.3 is 4.90 Å². The van der Waals surface area contributed by atoms with Crippen LogP contribution in [0.2, 0.25) is 0 Å². The van der Waals surface area contributed by atoms with Gasteiger partial charge in [-0.1, -0.05) is 24.3 Å². The summed E-state index contributed by atoms with van der Waals surface area (Å²) in [6, 6.07) is 13.9. The average molecular weight is 289 g/mol. The van der Waals surface area contributed by atoms with E-state index in [2.05, 4.69) is 0 Å². The molecule has 0 aliphatic carbocycles. The van der Waals surface area contributed by atoms with Gasteiger partial charge in [0.1, 0.15) is 5.82 Å². The van der Waals surface area contributed by atoms with Crippen molar-refractivity contribution in [2.75, 3.05) is 24.7 Å². The van der Waals surface area contributed by atoms with Crippen LogP contribution in [0.4, 0.5) is 10.1 Å². The molecule has 0 N–H and O–H groups in total. The lowest BCUT2D eigenvalue weighted by atomic mass is 10.1. The highest BCUT2D eigenvalue weighted by Crippen LogP contribution is 2.18. The van der Waals surface area contributed by atoms with Crippen LogP contribution in [0.25, 0.3) is 0 Å². The predicted octanol–water partition coefficient (Wildman–Crippen LogP) is 3.87. The zero-order valence-electron chi connectivity index (χ0n) is 11.5. The summed E-state index contributed by atoms with van der Waals surface area (Å²) in [6.45, 7) is 0.152. The van der Waals surface area contributed by atoms with E-state index in [1.807, 2.05) is 30.5 Å². The Hall–Kier alpha value is -1.81. The molecular formula is C16H16FNOS. The van der Waals surface area contributed by atoms with Gasteiger partial charge in [0.25, 0.3) is 0 Å². The summed E-state index contributed by atoms with van der Waals surface area (Å²) in [7, 11) is 1.71. The number of thioether (sulfide) groups is 1. The Morgan fingerprint density at radius 3 is 2.40 bits per heavy atom. The highest BCUT2D eigenvalue weighted by atomic mass is 32.2. The molecule has 0 aliphatic heterocycles. The van der Waals surface area contributed by atoms with Crippen LogP contribution >= 0.6 is 11.8 Å². The molecule has 0 aliphatic rings. The van der Waals surface area contributed by atoms with E-state index >= 15 is 0 Å². The molecule has 2 aromatic carbocycles. The second-order valence-corrected chi connectivity index (χ2v) is 5.34. The molecule has 2 aromatic rings. The molecule has 2 nitrogen and oxygen atoms in total. The Balaban J connectivity index is 2.09. The summed E-state index contributed by atoms with van der Waals surface area (Å²) in [5, 5.41) is 0. The van der Waals surface area contributed by atoms with Gasteiger partial charge in [-0.2, -0.15) is 0 Å². The van der Waals surface area contributed by atoms with E-state index in [0.717, 1.165) is 4.90 Å². The van der Waals surface area contributed by atoms with E-state index in [1.54, 1.807) is 41.9 Å². The van der Waals surface area contributed by atoms with Crippen molar-refractivity contribution in [3.05, 3.63) is 59.9 Å². The normalized spacial score (nSPS) is 10.3. The fourth-order valence-electron chi connectivity index (χ4n) is 1.93. The molecule has 0 fully saturated rings. The van der Waals surface area contributed by atoms with Crippen LogP contribution in [-0.2, 0) is 0 Å². The summed E-state index contributed by atoms with van der Waals surface area (Å²) in [6.07, 6.45) is 1.99. The highest BCUT2D eigenvalue weighted by molar-refractivity contribution is 7.98. The molecule has 0 spiro atoms. The summed E-state index contributed by atoms with van der Waals surface area (Å²) < 4.78 is 13.6. The maximum absolute atomic E-state index is 13.6. The van der Waals surface area contributed by atoms with E-state index in [1.165, 1.54) is 6.07 Å². The van der Waals surface area contributed by atoms with E-state index in [0.29, 0.717) is 11.3 Å². The second-order valence-electron chi connectivity index (χ2n) is 4.46. The first-order valence-electron chi connectivity index (χ1n) is 6.24. The van der Waals surface area contributed by atoms with E-state index in [-0.39, 0.29) is 18.1 Å². The molecule has 0 unspecified atom stereocenters. The van der Waals surface area contributed by atoms with Gasteiger partial charge in [-0.25, -0.2) is 4.39 Å². The summed E-state index contributed by atoms with van der Waals surface area (Å²) in [5.41, 5.74) is 1.08. The summed E-state index contributed by atoms with van der Waals surface area (Å²) in [4.78, 5) is 14.9. The molecule has 2 rings (SSSR count). The lowest BCUT2D eigenvalue weighted by molar-refractivity contribution is 0.1000. The molecule has 0 atom stereocenters. The molecular weight excluding hydrogens is 273 g/mol. The Labute approximate surface area is 122 Å². The number of halogens is 1. The number of ketones is 1. The number of nitrogens with zero attached hydrogens (tertiary/aromatic N) is 1. The van der Waals surface area contributed by atoms with Crippen LogP contribution in [-0.4, -0.2) is 25.6 Å². The van der Waals surface area contributed by atoms with Gasteiger partial charge in [-0.15, -0.1) is 11.8 Å². The quantitative estimate of drug-likeness (QED) is 0.615. The minimum absolute atomic E-state index is 0.0246. The number of benzene rings is 2. The second kappa shape index (κ2) is 6.57. The van der Waals surface area contributed by atoms with Crippen LogP contribution in [0, 0.1) is 5.82 Å². The highest BCUT2D eigenvalue weighted by Gasteiger charge is 2.12. The average Bonchev–Trinajstić information content (AvgIpc) is 2.47. The van der Waals surface area contributed by atoms with Crippen molar-refractivity contribution < 1.29 is 9.18 Å². The molecule has 4 heteroatoms. The van der Waals surface area contributed by atoms with Crippen molar-refractivity contribution in [3.63, 3.8) is 0 Å². The maximum Gasteiger partial charge on any atom is 0.182 e. The number of carbonyl (C=O) groups excluding carboxylic acids is 1. The third kappa shape index (κ3) is 3.39. The number of para-hydroxylation sites is 1. The Kier molecular flexibility index (Phi) is 4.79. The predicted molar refractivity (Wildman–Crippen MR) is 82.2 cm³/mol. The van der Waals surface area contributed by atoms with Crippen LogP contribution in [0.3, 0.4) is 0 Å². The lowest BCUT2D eigenvalue weighted by Gasteiger charge is -2.19. The van der Waals surface area contributed by atoms with Crippen LogP contribution in [0.1, 0.15) is 10.4 Å². The monoisotopic (exact) mass is 289 g/mol. The number of Topliss-reactive ketones (excluding diaryl/α,β-unsaturated/α-hetero) is 1. The molecule has 0 radical (unpaired) electrons. The Morgan fingerprint density at radius 2 is 1.80 bits per heavy atom. The van der Waals surface area contributed by atoms with E-state index in [9.17, 15) is 9.18 Å². The molecule has 0 heterocycles. The molecule has 0 saturated carbocycles. The number of hydrogen-bond donors (Lipinski definition) is 0. The summed E-state index contributed by atoms with van der Waals surface area (Å²) in [5.74, 6) is -0.344. The topological polar surface area (TPSA) is 20.3 Å². The molecule has 0 bridgehead atoms. The van der Waals surface area contributed by atoms with Crippen molar-refractivity contribution >= 4 is 23.2 Å².